The predicted octanol–water partition coefficient (Wildman–Crippen LogP) is 4.96. The van der Waals surface area contributed by atoms with Crippen LogP contribution >= 0.6 is 0 Å². The fourth-order valence-electron chi connectivity index (χ4n) is 4.80. The van der Waals surface area contributed by atoms with Gasteiger partial charge in [0.15, 0.2) is 0 Å². The summed E-state index contributed by atoms with van der Waals surface area (Å²) in [5.74, 6) is 1.88. The maximum Gasteiger partial charge on any atom is 0.228 e. The van der Waals surface area contributed by atoms with Gasteiger partial charge in [-0.1, -0.05) is 12.1 Å². The van der Waals surface area contributed by atoms with Crippen LogP contribution in [0.25, 0.3) is 10.9 Å². The molecule has 2 aromatic heterocycles. The maximum atomic E-state index is 12.7. The Hall–Kier alpha value is -3.95. The summed E-state index contributed by atoms with van der Waals surface area (Å²) in [5, 5.41) is 21.8. The molecule has 1 amide bonds. The van der Waals surface area contributed by atoms with E-state index in [1.807, 2.05) is 67.2 Å². The Bertz CT molecular complexity index is 1530. The number of nitrogens with one attached hydrogen (secondary N) is 2. The number of hydrogen-bond acceptors (Lipinski definition) is 7. The molecule has 1 aliphatic heterocycles. The third kappa shape index (κ3) is 6.11. The van der Waals surface area contributed by atoms with E-state index < -0.39 is 11.7 Å². The van der Waals surface area contributed by atoms with Crippen LogP contribution in [-0.2, 0) is 16.8 Å². The van der Waals surface area contributed by atoms with Gasteiger partial charge in [0.05, 0.1) is 29.4 Å². The molecule has 0 bridgehead atoms. The molecule has 0 aliphatic carbocycles. The van der Waals surface area contributed by atoms with Gasteiger partial charge in [0.25, 0.3) is 0 Å². The van der Waals surface area contributed by atoms with E-state index in [4.69, 9.17) is 9.47 Å². The van der Waals surface area contributed by atoms with Crippen LogP contribution in [0.4, 0.5) is 5.69 Å². The van der Waals surface area contributed by atoms with E-state index in [2.05, 4.69) is 41.5 Å². The molecule has 210 valence electrons. The van der Waals surface area contributed by atoms with Crippen LogP contribution in [0.1, 0.15) is 45.2 Å². The summed E-state index contributed by atoms with van der Waals surface area (Å²) in [5.41, 5.74) is 2.42. The molecule has 5 rings (SSSR count). The summed E-state index contributed by atoms with van der Waals surface area (Å²) in [6.07, 6.45) is 5.55. The number of amides is 1. The number of benzene rings is 2. The molecule has 0 radical (unpaired) electrons. The molecule has 1 saturated heterocycles. The van der Waals surface area contributed by atoms with Crippen molar-refractivity contribution >= 4 is 22.5 Å². The van der Waals surface area contributed by atoms with Crippen LogP contribution in [0.5, 0.6) is 17.2 Å². The van der Waals surface area contributed by atoms with Gasteiger partial charge in [-0.3, -0.25) is 14.5 Å². The van der Waals surface area contributed by atoms with Crippen molar-refractivity contribution in [3.8, 4) is 17.2 Å². The number of ether oxygens (including phenoxy) is 2. The molecule has 1 fully saturated rings. The van der Waals surface area contributed by atoms with Gasteiger partial charge in [0.1, 0.15) is 29.0 Å². The smallest absolute Gasteiger partial charge is 0.228 e. The molecular weight excluding hydrogens is 506 g/mol. The average Bonchev–Trinajstić information content (AvgIpc) is 3.37. The summed E-state index contributed by atoms with van der Waals surface area (Å²) in [6.45, 7) is 11.4. The Balaban J connectivity index is 1.29. The summed E-state index contributed by atoms with van der Waals surface area (Å²) in [7, 11) is 0. The fourth-order valence-corrected chi connectivity index (χ4v) is 4.80. The number of aliphatic hydroxyl groups excluding tert-OH is 1. The number of carbonyl (C=O) groups is 1. The monoisotopic (exact) mass is 543 g/mol. The van der Waals surface area contributed by atoms with Crippen molar-refractivity contribution in [1.29, 1.82) is 0 Å². The predicted molar refractivity (Wildman–Crippen MR) is 155 cm³/mol. The normalized spacial score (nSPS) is 19.4. The lowest BCUT2D eigenvalue weighted by Crippen LogP contribution is -2.55. The van der Waals surface area contributed by atoms with Crippen molar-refractivity contribution in [1.82, 2.24) is 20.1 Å². The zero-order valence-corrected chi connectivity index (χ0v) is 23.7. The van der Waals surface area contributed by atoms with Crippen molar-refractivity contribution in [2.45, 2.75) is 64.7 Å². The molecule has 0 saturated carbocycles. The number of aliphatic hydroxyl groups is 1. The van der Waals surface area contributed by atoms with Crippen LogP contribution in [-0.4, -0.2) is 50.6 Å². The Labute approximate surface area is 234 Å². The van der Waals surface area contributed by atoms with Crippen LogP contribution in [0.15, 0.2) is 61.1 Å². The van der Waals surface area contributed by atoms with Crippen LogP contribution in [0, 0.1) is 6.92 Å². The molecule has 2 unspecified atom stereocenters. The van der Waals surface area contributed by atoms with Crippen molar-refractivity contribution in [3.05, 3.63) is 72.2 Å². The second kappa shape index (κ2) is 10.9. The number of anilines is 1. The lowest BCUT2D eigenvalue weighted by Gasteiger charge is -2.39. The number of carbonyl (C=O) groups excluding carboxylic acids is 1. The third-order valence-corrected chi connectivity index (χ3v) is 7.24. The number of β-amino-alcohol motifs (C(OH)–C–C–N with tert-alkyl or cyclic N) is 1. The van der Waals surface area contributed by atoms with E-state index in [-0.39, 0.29) is 17.9 Å². The first-order chi connectivity index (χ1) is 19.0. The van der Waals surface area contributed by atoms with Crippen LogP contribution < -0.4 is 20.1 Å². The van der Waals surface area contributed by atoms with E-state index in [0.717, 1.165) is 28.6 Å². The second-order valence-electron chi connectivity index (χ2n) is 11.6. The van der Waals surface area contributed by atoms with E-state index in [0.29, 0.717) is 35.9 Å². The van der Waals surface area contributed by atoms with E-state index >= 15 is 0 Å². The first kappa shape index (κ1) is 27.6. The van der Waals surface area contributed by atoms with E-state index in [1.165, 1.54) is 0 Å². The Morgan fingerprint density at radius 2 is 2.02 bits per heavy atom. The van der Waals surface area contributed by atoms with Gasteiger partial charge >= 0.3 is 0 Å². The Morgan fingerprint density at radius 3 is 2.75 bits per heavy atom. The Morgan fingerprint density at radius 1 is 1.20 bits per heavy atom. The summed E-state index contributed by atoms with van der Waals surface area (Å²) in [4.78, 5) is 17.2. The molecule has 4 aromatic rings. The highest BCUT2D eigenvalue weighted by Crippen LogP contribution is 2.35. The molecule has 3 N–H and O–H groups in total. The Kier molecular flexibility index (Phi) is 7.53. The molecule has 40 heavy (non-hydrogen) atoms. The van der Waals surface area contributed by atoms with Crippen LogP contribution in [0.2, 0.25) is 0 Å². The molecule has 2 aromatic carbocycles. The topological polar surface area (TPSA) is 111 Å². The van der Waals surface area contributed by atoms with E-state index in [1.54, 1.807) is 12.4 Å². The highest BCUT2D eigenvalue weighted by atomic mass is 16.5. The average molecular weight is 544 g/mol. The molecule has 2 atom stereocenters. The molecule has 3 heterocycles. The third-order valence-electron chi connectivity index (χ3n) is 7.24. The van der Waals surface area contributed by atoms with Gasteiger partial charge in [-0.05, 0) is 82.6 Å². The first-order valence-electron chi connectivity index (χ1n) is 13.6. The highest BCUT2D eigenvalue weighted by molar-refractivity contribution is 5.92. The lowest BCUT2D eigenvalue weighted by molar-refractivity contribution is -0.115. The standard InChI is InChI=1S/C31H37N5O4/c1-20-14-21(15-29(38)35-22-17-34-36(19-22)30(2,3)4)6-9-26(20)39-27-10-12-33-25-8-7-23(16-24(25)27)40-31(5)11-13-32-18-28(31)37/h6-10,12,14,16-17,19,28,32,37H,11,13,15,18H2,1-5H3,(H,35,38). The molecule has 9 nitrogen and oxygen atoms in total. The van der Waals surface area contributed by atoms with Gasteiger partial charge in [0, 0.05) is 30.7 Å². The number of aromatic nitrogens is 3. The number of aryl methyl sites for hydroxylation is 1. The SMILES string of the molecule is Cc1cc(CC(=O)Nc2cnn(C(C)(C)C)c2)ccc1Oc1ccnc2ccc(OC3(C)CCNCC3O)cc12. The summed E-state index contributed by atoms with van der Waals surface area (Å²) >= 11 is 0. The van der Waals surface area contributed by atoms with Crippen molar-refractivity contribution in [3.63, 3.8) is 0 Å². The number of rotatable bonds is 7. The van der Waals surface area contributed by atoms with Crippen molar-refractivity contribution in [2.75, 3.05) is 18.4 Å². The number of nitrogens with zero attached hydrogens (tertiary/aromatic N) is 3. The zero-order chi connectivity index (χ0) is 28.5. The van der Waals surface area contributed by atoms with Crippen molar-refractivity contribution < 1.29 is 19.4 Å². The summed E-state index contributed by atoms with van der Waals surface area (Å²) in [6, 6.07) is 13.3. The number of piperidine rings is 1. The minimum atomic E-state index is -0.673. The van der Waals surface area contributed by atoms with Crippen LogP contribution in [0.3, 0.4) is 0 Å². The highest BCUT2D eigenvalue weighted by Gasteiger charge is 2.37. The maximum absolute atomic E-state index is 12.7. The van der Waals surface area contributed by atoms with Gasteiger partial charge in [-0.25, -0.2) is 0 Å². The zero-order valence-electron chi connectivity index (χ0n) is 23.7. The number of fused-ring (bicyclic) bond motifs is 1. The number of pyridine rings is 1. The number of hydrogen-bond donors (Lipinski definition) is 3. The summed E-state index contributed by atoms with van der Waals surface area (Å²) < 4.78 is 14.5. The minimum Gasteiger partial charge on any atom is -0.485 e. The van der Waals surface area contributed by atoms with Gasteiger partial charge < -0.3 is 25.2 Å². The fraction of sp³-hybridized carbons (Fsp3) is 0.387. The van der Waals surface area contributed by atoms with Gasteiger partial charge in [-0.15, -0.1) is 0 Å². The molecular formula is C31H37N5O4. The van der Waals surface area contributed by atoms with Gasteiger partial charge in [-0.2, -0.15) is 5.10 Å². The van der Waals surface area contributed by atoms with E-state index in [9.17, 15) is 9.90 Å². The minimum absolute atomic E-state index is 0.109. The first-order valence-corrected chi connectivity index (χ1v) is 13.6. The molecule has 0 spiro atoms. The quantitative estimate of drug-likeness (QED) is 0.302. The lowest BCUT2D eigenvalue weighted by atomic mass is 9.91. The molecule has 1 aliphatic rings. The van der Waals surface area contributed by atoms with Crippen molar-refractivity contribution in [2.24, 2.45) is 0 Å². The van der Waals surface area contributed by atoms with Gasteiger partial charge in [0.2, 0.25) is 5.91 Å². The second-order valence-corrected chi connectivity index (χ2v) is 11.6. The largest absolute Gasteiger partial charge is 0.485 e. The molecule has 9 heteroatoms.